The molecule has 0 spiro atoms. The molecule has 0 N–H and O–H groups in total. The normalized spacial score (nSPS) is 15.4. The number of benzene rings is 2. The number of hydrogen-bond acceptors (Lipinski definition) is 4. The molecule has 0 unspecified atom stereocenters. The Morgan fingerprint density at radius 3 is 2.18 bits per heavy atom. The van der Waals surface area contributed by atoms with Gasteiger partial charge in [0.15, 0.2) is 0 Å². The van der Waals surface area contributed by atoms with Crippen LogP contribution in [0.25, 0.3) is 0 Å². The summed E-state index contributed by atoms with van der Waals surface area (Å²) < 4.78 is 27.1. The molecule has 0 bridgehead atoms. The highest BCUT2D eigenvalue weighted by Gasteiger charge is 2.31. The zero-order chi connectivity index (χ0) is 20.3. The third-order valence-electron chi connectivity index (χ3n) is 4.98. The highest BCUT2D eigenvalue weighted by molar-refractivity contribution is 7.89. The van der Waals surface area contributed by atoms with Crippen molar-refractivity contribution in [1.29, 1.82) is 5.26 Å². The Morgan fingerprint density at radius 1 is 1.00 bits per heavy atom. The lowest BCUT2D eigenvalue weighted by Gasteiger charge is -2.34. The predicted octanol–water partition coefficient (Wildman–Crippen LogP) is 2.83. The van der Waals surface area contributed by atoms with Crippen molar-refractivity contribution in [1.82, 2.24) is 9.21 Å². The van der Waals surface area contributed by atoms with Crippen LogP contribution in [0.5, 0.6) is 0 Å². The quantitative estimate of drug-likeness (QED) is 0.794. The van der Waals surface area contributed by atoms with Gasteiger partial charge in [-0.05, 0) is 35.7 Å². The van der Waals surface area contributed by atoms with Crippen molar-refractivity contribution in [3.8, 4) is 6.07 Å². The van der Waals surface area contributed by atoms with E-state index in [9.17, 15) is 18.5 Å². The van der Waals surface area contributed by atoms with Crippen molar-refractivity contribution in [2.75, 3.05) is 26.2 Å². The van der Waals surface area contributed by atoms with Crippen LogP contribution >= 0.6 is 0 Å². The lowest BCUT2D eigenvalue weighted by Crippen LogP contribution is -2.50. The van der Waals surface area contributed by atoms with Crippen LogP contribution in [0, 0.1) is 11.3 Å². The number of nitrogens with zero attached hydrogens (tertiary/aromatic N) is 3. The van der Waals surface area contributed by atoms with E-state index in [1.165, 1.54) is 22.0 Å². The Bertz CT molecular complexity index is 1000. The summed E-state index contributed by atoms with van der Waals surface area (Å²) in [7, 11) is -3.76. The van der Waals surface area contributed by atoms with Crippen LogP contribution in [0.2, 0.25) is 0 Å². The maximum absolute atomic E-state index is 12.9. The van der Waals surface area contributed by atoms with Crippen molar-refractivity contribution < 1.29 is 13.2 Å². The lowest BCUT2D eigenvalue weighted by atomic mass is 10.0. The fourth-order valence-electron chi connectivity index (χ4n) is 3.25. The van der Waals surface area contributed by atoms with E-state index in [1.807, 2.05) is 30.3 Å². The second-order valence-electron chi connectivity index (χ2n) is 7.08. The molecule has 1 heterocycles. The maximum atomic E-state index is 12.9. The first-order valence-electron chi connectivity index (χ1n) is 9.23. The molecule has 1 saturated heterocycles. The minimum Gasteiger partial charge on any atom is -0.336 e. The molecule has 0 radical (unpaired) electrons. The molecule has 146 valence electrons. The highest BCUT2D eigenvalue weighted by Crippen LogP contribution is 2.22. The molecular formula is C21H23N3O3S. The van der Waals surface area contributed by atoms with Gasteiger partial charge in [-0.2, -0.15) is 9.57 Å². The SMILES string of the molecule is CC(C)c1ccc(C(=O)N2CCN(S(=O)(=O)c3ccccc3C#N)CC2)cc1. The van der Waals surface area contributed by atoms with Gasteiger partial charge in [0, 0.05) is 31.7 Å². The van der Waals surface area contributed by atoms with Crippen molar-refractivity contribution in [2.45, 2.75) is 24.7 Å². The molecule has 3 rings (SSSR count). The fourth-order valence-corrected chi connectivity index (χ4v) is 4.81. The van der Waals surface area contributed by atoms with E-state index < -0.39 is 10.0 Å². The largest absolute Gasteiger partial charge is 0.336 e. The summed E-state index contributed by atoms with van der Waals surface area (Å²) in [5.41, 5.74) is 1.91. The number of rotatable bonds is 4. The lowest BCUT2D eigenvalue weighted by molar-refractivity contribution is 0.0698. The van der Waals surface area contributed by atoms with Gasteiger partial charge < -0.3 is 4.90 Å². The Labute approximate surface area is 166 Å². The van der Waals surface area contributed by atoms with Gasteiger partial charge in [0.1, 0.15) is 6.07 Å². The molecule has 0 aliphatic carbocycles. The molecule has 1 aliphatic heterocycles. The number of nitriles is 1. The molecule has 2 aromatic rings. The topological polar surface area (TPSA) is 81.5 Å². The zero-order valence-corrected chi connectivity index (χ0v) is 16.8. The van der Waals surface area contributed by atoms with E-state index in [1.54, 1.807) is 17.0 Å². The van der Waals surface area contributed by atoms with Gasteiger partial charge in [-0.15, -0.1) is 0 Å². The summed E-state index contributed by atoms with van der Waals surface area (Å²) in [4.78, 5) is 14.4. The van der Waals surface area contributed by atoms with Crippen LogP contribution in [0.15, 0.2) is 53.4 Å². The van der Waals surface area contributed by atoms with Crippen LogP contribution in [0.3, 0.4) is 0 Å². The number of piperazine rings is 1. The number of sulfonamides is 1. The third kappa shape index (κ3) is 3.93. The average Bonchev–Trinajstić information content (AvgIpc) is 2.73. The monoisotopic (exact) mass is 397 g/mol. The van der Waals surface area contributed by atoms with Crippen LogP contribution in [0.1, 0.15) is 41.3 Å². The summed E-state index contributed by atoms with van der Waals surface area (Å²) in [5, 5.41) is 9.19. The fraction of sp³-hybridized carbons (Fsp3) is 0.333. The Balaban J connectivity index is 1.70. The highest BCUT2D eigenvalue weighted by atomic mass is 32.2. The van der Waals surface area contributed by atoms with Crippen LogP contribution in [0.4, 0.5) is 0 Å². The first-order valence-corrected chi connectivity index (χ1v) is 10.7. The maximum Gasteiger partial charge on any atom is 0.253 e. The molecule has 1 fully saturated rings. The standard InChI is InChI=1S/C21H23N3O3S/c1-16(2)17-7-9-18(10-8-17)21(25)23-11-13-24(14-12-23)28(26,27)20-6-4-3-5-19(20)15-22/h3-10,16H,11-14H2,1-2H3. The van der Waals surface area contributed by atoms with E-state index in [0.29, 0.717) is 24.6 Å². The van der Waals surface area contributed by atoms with E-state index in [-0.39, 0.29) is 29.5 Å². The van der Waals surface area contributed by atoms with E-state index in [0.717, 1.165) is 0 Å². The van der Waals surface area contributed by atoms with Gasteiger partial charge in [0.2, 0.25) is 10.0 Å². The number of hydrogen-bond donors (Lipinski definition) is 0. The van der Waals surface area contributed by atoms with Crippen LogP contribution < -0.4 is 0 Å². The second kappa shape index (κ2) is 8.13. The molecule has 0 atom stereocenters. The number of carbonyl (C=O) groups excluding carboxylic acids is 1. The molecule has 0 aromatic heterocycles. The summed E-state index contributed by atoms with van der Waals surface area (Å²) in [6, 6.07) is 15.7. The molecule has 1 amide bonds. The summed E-state index contributed by atoms with van der Waals surface area (Å²) in [6.07, 6.45) is 0. The predicted molar refractivity (Wildman–Crippen MR) is 106 cm³/mol. The molecule has 6 nitrogen and oxygen atoms in total. The average molecular weight is 398 g/mol. The van der Waals surface area contributed by atoms with Crippen molar-refractivity contribution in [2.24, 2.45) is 0 Å². The van der Waals surface area contributed by atoms with Gasteiger partial charge in [0.05, 0.1) is 10.5 Å². The summed E-state index contributed by atoms with van der Waals surface area (Å²) in [6.45, 7) is 5.25. The minimum atomic E-state index is -3.76. The van der Waals surface area contributed by atoms with Crippen molar-refractivity contribution in [3.05, 3.63) is 65.2 Å². The molecule has 28 heavy (non-hydrogen) atoms. The number of amides is 1. The minimum absolute atomic E-state index is 0.0153. The van der Waals surface area contributed by atoms with E-state index >= 15 is 0 Å². The molecule has 0 saturated carbocycles. The van der Waals surface area contributed by atoms with E-state index in [4.69, 9.17) is 0 Å². The first-order chi connectivity index (χ1) is 13.3. The van der Waals surface area contributed by atoms with Gasteiger partial charge in [0.25, 0.3) is 5.91 Å². The van der Waals surface area contributed by atoms with Gasteiger partial charge in [-0.25, -0.2) is 8.42 Å². The molecule has 1 aliphatic rings. The van der Waals surface area contributed by atoms with Gasteiger partial charge in [-0.3, -0.25) is 4.79 Å². The number of carbonyl (C=O) groups is 1. The van der Waals surface area contributed by atoms with Gasteiger partial charge in [-0.1, -0.05) is 38.1 Å². The van der Waals surface area contributed by atoms with Crippen molar-refractivity contribution in [3.63, 3.8) is 0 Å². The van der Waals surface area contributed by atoms with Gasteiger partial charge >= 0.3 is 0 Å². The van der Waals surface area contributed by atoms with E-state index in [2.05, 4.69) is 13.8 Å². The zero-order valence-electron chi connectivity index (χ0n) is 16.0. The Morgan fingerprint density at radius 2 is 1.61 bits per heavy atom. The first kappa shape index (κ1) is 20.1. The Hall–Kier alpha value is -2.69. The third-order valence-corrected chi connectivity index (χ3v) is 6.93. The summed E-state index contributed by atoms with van der Waals surface area (Å²) in [5.74, 6) is 0.305. The molecular weight excluding hydrogens is 374 g/mol. The second-order valence-corrected chi connectivity index (χ2v) is 8.99. The van der Waals surface area contributed by atoms with Crippen LogP contribution in [-0.4, -0.2) is 49.7 Å². The smallest absolute Gasteiger partial charge is 0.253 e. The molecule has 7 heteroatoms. The summed E-state index contributed by atoms with van der Waals surface area (Å²) >= 11 is 0. The molecule has 2 aromatic carbocycles. The van der Waals surface area contributed by atoms with Crippen molar-refractivity contribution >= 4 is 15.9 Å². The van der Waals surface area contributed by atoms with Crippen LogP contribution in [-0.2, 0) is 10.0 Å². The Kier molecular flexibility index (Phi) is 5.82.